The van der Waals surface area contributed by atoms with E-state index in [0.29, 0.717) is 6.04 Å². The maximum atomic E-state index is 13.8. The van der Waals surface area contributed by atoms with Gasteiger partial charge in [-0.3, -0.25) is 4.90 Å². The van der Waals surface area contributed by atoms with Gasteiger partial charge in [0.25, 0.3) is 0 Å². The molecule has 3 heteroatoms. The van der Waals surface area contributed by atoms with Crippen LogP contribution in [0.3, 0.4) is 0 Å². The van der Waals surface area contributed by atoms with Gasteiger partial charge >= 0.3 is 0 Å². The topological polar surface area (TPSA) is 29.3 Å². The van der Waals surface area contributed by atoms with Gasteiger partial charge in [-0.25, -0.2) is 4.39 Å². The van der Waals surface area contributed by atoms with Crippen molar-refractivity contribution in [1.82, 2.24) is 4.90 Å². The number of nitrogens with zero attached hydrogens (tertiary/aromatic N) is 1. The molecule has 0 aromatic heterocycles. The van der Waals surface area contributed by atoms with Gasteiger partial charge in [0.15, 0.2) is 0 Å². The van der Waals surface area contributed by atoms with E-state index in [4.69, 9.17) is 5.73 Å². The normalized spacial score (nSPS) is 26.3. The van der Waals surface area contributed by atoms with E-state index in [0.717, 1.165) is 18.4 Å². The SMILES string of the molecule is CC(c1ccccc1F)N(C)C1CCCCC1N. The Labute approximate surface area is 109 Å². The van der Waals surface area contributed by atoms with Gasteiger partial charge in [-0.2, -0.15) is 0 Å². The van der Waals surface area contributed by atoms with Crippen LogP contribution in [0.1, 0.15) is 44.2 Å². The monoisotopic (exact) mass is 250 g/mol. The van der Waals surface area contributed by atoms with Crippen LogP contribution < -0.4 is 5.73 Å². The van der Waals surface area contributed by atoms with E-state index in [1.165, 1.54) is 18.9 Å². The van der Waals surface area contributed by atoms with E-state index in [1.807, 2.05) is 12.1 Å². The smallest absolute Gasteiger partial charge is 0.127 e. The van der Waals surface area contributed by atoms with Gasteiger partial charge in [0, 0.05) is 23.7 Å². The molecule has 2 nitrogen and oxygen atoms in total. The fourth-order valence-corrected chi connectivity index (χ4v) is 2.97. The van der Waals surface area contributed by atoms with Crippen LogP contribution in [0.15, 0.2) is 24.3 Å². The van der Waals surface area contributed by atoms with Gasteiger partial charge in [-0.05, 0) is 32.9 Å². The molecule has 0 spiro atoms. The molecule has 1 fully saturated rings. The van der Waals surface area contributed by atoms with Crippen LogP contribution in [-0.4, -0.2) is 24.0 Å². The molecule has 0 aliphatic heterocycles. The Morgan fingerprint density at radius 2 is 1.94 bits per heavy atom. The first kappa shape index (κ1) is 13.5. The second-order valence-electron chi connectivity index (χ2n) is 5.38. The van der Waals surface area contributed by atoms with Crippen LogP contribution in [0.5, 0.6) is 0 Å². The lowest BCUT2D eigenvalue weighted by Gasteiger charge is -2.39. The summed E-state index contributed by atoms with van der Waals surface area (Å²) in [6, 6.07) is 7.68. The number of hydrogen-bond donors (Lipinski definition) is 1. The molecule has 0 bridgehead atoms. The molecule has 0 radical (unpaired) electrons. The minimum Gasteiger partial charge on any atom is -0.326 e. The summed E-state index contributed by atoms with van der Waals surface area (Å²) in [5.41, 5.74) is 6.96. The van der Waals surface area contributed by atoms with Crippen LogP contribution in [0.4, 0.5) is 4.39 Å². The van der Waals surface area contributed by atoms with E-state index < -0.39 is 0 Å². The number of nitrogens with two attached hydrogens (primary N) is 1. The number of halogens is 1. The van der Waals surface area contributed by atoms with Crippen LogP contribution >= 0.6 is 0 Å². The Morgan fingerprint density at radius 1 is 1.28 bits per heavy atom. The molecule has 2 rings (SSSR count). The van der Waals surface area contributed by atoms with E-state index in [2.05, 4.69) is 18.9 Å². The highest BCUT2D eigenvalue weighted by molar-refractivity contribution is 5.21. The lowest BCUT2D eigenvalue weighted by Crippen LogP contribution is -2.48. The molecule has 0 heterocycles. The minimum absolute atomic E-state index is 0.0698. The number of benzene rings is 1. The highest BCUT2D eigenvalue weighted by Crippen LogP contribution is 2.29. The van der Waals surface area contributed by atoms with Crippen molar-refractivity contribution in [2.45, 2.75) is 50.7 Å². The quantitative estimate of drug-likeness (QED) is 0.893. The fourth-order valence-electron chi connectivity index (χ4n) is 2.97. The average Bonchev–Trinajstić information content (AvgIpc) is 2.38. The van der Waals surface area contributed by atoms with Crippen LogP contribution in [-0.2, 0) is 0 Å². The molecule has 18 heavy (non-hydrogen) atoms. The van der Waals surface area contributed by atoms with Crippen molar-refractivity contribution in [3.63, 3.8) is 0 Å². The summed E-state index contributed by atoms with van der Waals surface area (Å²) >= 11 is 0. The summed E-state index contributed by atoms with van der Waals surface area (Å²) < 4.78 is 13.8. The highest BCUT2D eigenvalue weighted by atomic mass is 19.1. The summed E-state index contributed by atoms with van der Waals surface area (Å²) in [6.45, 7) is 2.06. The zero-order chi connectivity index (χ0) is 13.1. The molecular formula is C15H23FN2. The molecule has 1 aliphatic rings. The predicted molar refractivity (Wildman–Crippen MR) is 72.8 cm³/mol. The number of hydrogen-bond acceptors (Lipinski definition) is 2. The third kappa shape index (κ3) is 2.73. The van der Waals surface area contributed by atoms with E-state index in [-0.39, 0.29) is 17.9 Å². The standard InChI is InChI=1S/C15H23FN2/c1-11(12-7-3-4-8-13(12)16)18(2)15-10-6-5-9-14(15)17/h3-4,7-8,11,14-15H,5-6,9-10,17H2,1-2H3. The summed E-state index contributed by atoms with van der Waals surface area (Å²) in [7, 11) is 2.06. The maximum Gasteiger partial charge on any atom is 0.127 e. The number of likely N-dealkylation sites (N-methyl/N-ethyl adjacent to an activating group) is 1. The zero-order valence-electron chi connectivity index (χ0n) is 11.3. The summed E-state index contributed by atoms with van der Waals surface area (Å²) in [6.07, 6.45) is 4.65. The predicted octanol–water partition coefficient (Wildman–Crippen LogP) is 3.09. The van der Waals surface area contributed by atoms with Crippen LogP contribution in [0.25, 0.3) is 0 Å². The largest absolute Gasteiger partial charge is 0.326 e. The van der Waals surface area contributed by atoms with E-state index in [1.54, 1.807) is 6.07 Å². The third-order valence-electron chi connectivity index (χ3n) is 4.27. The fraction of sp³-hybridized carbons (Fsp3) is 0.600. The molecular weight excluding hydrogens is 227 g/mol. The zero-order valence-corrected chi connectivity index (χ0v) is 11.3. The Hall–Kier alpha value is -0.930. The van der Waals surface area contributed by atoms with Crippen molar-refractivity contribution in [2.24, 2.45) is 5.73 Å². The number of rotatable bonds is 3. The lowest BCUT2D eigenvalue weighted by molar-refractivity contribution is 0.126. The first-order valence-electron chi connectivity index (χ1n) is 6.83. The van der Waals surface area contributed by atoms with Crippen molar-refractivity contribution in [2.75, 3.05) is 7.05 Å². The van der Waals surface area contributed by atoms with Gasteiger partial charge in [0.2, 0.25) is 0 Å². The first-order chi connectivity index (χ1) is 8.61. The van der Waals surface area contributed by atoms with Crippen molar-refractivity contribution < 1.29 is 4.39 Å². The average molecular weight is 250 g/mol. The summed E-state index contributed by atoms with van der Waals surface area (Å²) in [5, 5.41) is 0. The lowest BCUT2D eigenvalue weighted by atomic mass is 9.88. The second-order valence-corrected chi connectivity index (χ2v) is 5.38. The van der Waals surface area contributed by atoms with Gasteiger partial charge in [0.05, 0.1) is 0 Å². The molecule has 0 saturated heterocycles. The van der Waals surface area contributed by atoms with Crippen molar-refractivity contribution >= 4 is 0 Å². The van der Waals surface area contributed by atoms with E-state index >= 15 is 0 Å². The molecule has 3 unspecified atom stereocenters. The molecule has 1 aliphatic carbocycles. The molecule has 100 valence electrons. The summed E-state index contributed by atoms with van der Waals surface area (Å²) in [4.78, 5) is 2.24. The van der Waals surface area contributed by atoms with Crippen LogP contribution in [0.2, 0.25) is 0 Å². The van der Waals surface area contributed by atoms with Gasteiger partial charge in [-0.15, -0.1) is 0 Å². The molecule has 1 aromatic carbocycles. The molecule has 3 atom stereocenters. The second kappa shape index (κ2) is 5.81. The summed E-state index contributed by atoms with van der Waals surface area (Å²) in [5.74, 6) is -0.124. The van der Waals surface area contributed by atoms with Crippen LogP contribution in [0, 0.1) is 5.82 Å². The van der Waals surface area contributed by atoms with Crippen molar-refractivity contribution in [1.29, 1.82) is 0 Å². The Morgan fingerprint density at radius 3 is 2.61 bits per heavy atom. The third-order valence-corrected chi connectivity index (χ3v) is 4.27. The molecule has 1 aromatic rings. The molecule has 0 amide bonds. The Kier molecular flexibility index (Phi) is 4.36. The molecule has 2 N–H and O–H groups in total. The first-order valence-corrected chi connectivity index (χ1v) is 6.83. The van der Waals surface area contributed by atoms with E-state index in [9.17, 15) is 4.39 Å². The van der Waals surface area contributed by atoms with Crippen molar-refractivity contribution in [3.05, 3.63) is 35.6 Å². The highest BCUT2D eigenvalue weighted by Gasteiger charge is 2.29. The van der Waals surface area contributed by atoms with Gasteiger partial charge in [0.1, 0.15) is 5.82 Å². The molecule has 1 saturated carbocycles. The van der Waals surface area contributed by atoms with Gasteiger partial charge in [-0.1, -0.05) is 31.0 Å². The maximum absolute atomic E-state index is 13.8. The minimum atomic E-state index is -0.124. The Balaban J connectivity index is 2.13. The van der Waals surface area contributed by atoms with Crippen molar-refractivity contribution in [3.8, 4) is 0 Å². The Bertz CT molecular complexity index is 394. The van der Waals surface area contributed by atoms with Gasteiger partial charge < -0.3 is 5.73 Å².